The second-order valence-corrected chi connectivity index (χ2v) is 7.65. The number of ether oxygens (including phenoxy) is 3. The van der Waals surface area contributed by atoms with E-state index in [1.807, 2.05) is 0 Å². The summed E-state index contributed by atoms with van der Waals surface area (Å²) in [5, 5.41) is 5.61. The molecule has 9 heteroatoms. The Morgan fingerprint density at radius 2 is 2.10 bits per heavy atom. The van der Waals surface area contributed by atoms with Crippen molar-refractivity contribution in [2.75, 3.05) is 19.9 Å². The first-order valence-corrected chi connectivity index (χ1v) is 10.5. The largest absolute Gasteiger partial charge is 0.463 e. The minimum atomic E-state index is -0.493. The molecule has 2 atom stereocenters. The molecule has 1 saturated heterocycles. The van der Waals surface area contributed by atoms with E-state index in [-0.39, 0.29) is 31.1 Å². The average molecular weight is 479 g/mol. The van der Waals surface area contributed by atoms with Gasteiger partial charge in [0.2, 0.25) is 18.6 Å². The first-order valence-electron chi connectivity index (χ1n) is 9.66. The summed E-state index contributed by atoms with van der Waals surface area (Å²) in [7, 11) is 0. The van der Waals surface area contributed by atoms with Crippen molar-refractivity contribution in [3.8, 4) is 11.5 Å². The Balaban J connectivity index is 1.66. The van der Waals surface area contributed by atoms with E-state index in [1.165, 1.54) is 12.2 Å². The van der Waals surface area contributed by atoms with Crippen LogP contribution in [0.3, 0.4) is 0 Å². The number of carbonyl (C=O) groups is 3. The third kappa shape index (κ3) is 5.85. The van der Waals surface area contributed by atoms with Crippen LogP contribution in [0.5, 0.6) is 11.5 Å². The van der Waals surface area contributed by atoms with E-state index < -0.39 is 12.0 Å². The summed E-state index contributed by atoms with van der Waals surface area (Å²) in [5.41, 5.74) is 0.753. The molecule has 0 aliphatic carbocycles. The molecule has 2 N–H and O–H groups in total. The van der Waals surface area contributed by atoms with Crippen molar-refractivity contribution in [1.82, 2.24) is 10.6 Å². The number of hydrogen-bond donors (Lipinski definition) is 2. The number of carbonyl (C=O) groups excluding carboxylic acids is 3. The summed E-state index contributed by atoms with van der Waals surface area (Å²) >= 11 is 3.45. The van der Waals surface area contributed by atoms with E-state index in [2.05, 4.69) is 26.6 Å². The number of nitrogens with one attached hydrogen (secondary N) is 2. The van der Waals surface area contributed by atoms with Crippen molar-refractivity contribution in [2.24, 2.45) is 5.92 Å². The zero-order valence-corrected chi connectivity index (χ0v) is 18.1. The van der Waals surface area contributed by atoms with Gasteiger partial charge in [-0.15, -0.1) is 0 Å². The number of esters is 1. The van der Waals surface area contributed by atoms with Crippen LogP contribution in [-0.2, 0) is 19.1 Å². The zero-order valence-electron chi connectivity index (χ0n) is 16.5. The SMILES string of the molecule is CCOC(=O)/C=C/[C@H](C[C@@H]1CCNC1=O)NC(=O)/C=C/c1cc2c(cc1Br)OCO2. The molecule has 8 nitrogen and oxygen atoms in total. The maximum Gasteiger partial charge on any atom is 0.330 e. The fourth-order valence-electron chi connectivity index (χ4n) is 3.20. The molecule has 2 heterocycles. The Morgan fingerprint density at radius 3 is 2.80 bits per heavy atom. The minimum Gasteiger partial charge on any atom is -0.463 e. The Labute approximate surface area is 182 Å². The van der Waals surface area contributed by atoms with Crippen molar-refractivity contribution in [2.45, 2.75) is 25.8 Å². The summed E-state index contributed by atoms with van der Waals surface area (Å²) in [6.45, 7) is 2.76. The lowest BCUT2D eigenvalue weighted by atomic mass is 9.98. The summed E-state index contributed by atoms with van der Waals surface area (Å²) in [6, 6.07) is 3.07. The molecule has 1 aromatic rings. The van der Waals surface area contributed by atoms with Crippen LogP contribution in [0, 0.1) is 5.92 Å². The first-order chi connectivity index (χ1) is 14.5. The van der Waals surface area contributed by atoms with E-state index in [0.717, 1.165) is 10.0 Å². The van der Waals surface area contributed by atoms with Crippen LogP contribution in [0.15, 0.2) is 34.8 Å². The lowest BCUT2D eigenvalue weighted by Crippen LogP contribution is -2.35. The van der Waals surface area contributed by atoms with E-state index in [4.69, 9.17) is 14.2 Å². The molecular weight excluding hydrogens is 456 g/mol. The van der Waals surface area contributed by atoms with Crippen LogP contribution >= 0.6 is 15.9 Å². The summed E-state index contributed by atoms with van der Waals surface area (Å²) in [4.78, 5) is 36.0. The normalized spacial score (nSPS) is 18.6. The fraction of sp³-hybridized carbons (Fsp3) is 0.381. The second kappa shape index (κ2) is 10.3. The molecule has 1 fully saturated rings. The molecule has 1 aromatic carbocycles. The molecule has 0 spiro atoms. The van der Waals surface area contributed by atoms with Gasteiger partial charge in [0.05, 0.1) is 6.61 Å². The van der Waals surface area contributed by atoms with Crippen molar-refractivity contribution < 1.29 is 28.6 Å². The Morgan fingerprint density at radius 1 is 1.33 bits per heavy atom. The van der Waals surface area contributed by atoms with Gasteiger partial charge in [-0.25, -0.2) is 4.79 Å². The predicted octanol–water partition coefficient (Wildman–Crippen LogP) is 2.32. The molecule has 0 radical (unpaired) electrons. The van der Waals surface area contributed by atoms with Crippen molar-refractivity contribution >= 4 is 39.8 Å². The monoisotopic (exact) mass is 478 g/mol. The third-order valence-corrected chi connectivity index (χ3v) is 5.37. The van der Waals surface area contributed by atoms with Gasteiger partial charge in [-0.3, -0.25) is 9.59 Å². The van der Waals surface area contributed by atoms with Gasteiger partial charge in [0, 0.05) is 35.1 Å². The van der Waals surface area contributed by atoms with Gasteiger partial charge in [-0.1, -0.05) is 22.0 Å². The molecular formula is C21H23BrN2O6. The van der Waals surface area contributed by atoms with Gasteiger partial charge in [0.25, 0.3) is 0 Å². The highest BCUT2D eigenvalue weighted by Gasteiger charge is 2.27. The van der Waals surface area contributed by atoms with Gasteiger partial charge >= 0.3 is 5.97 Å². The molecule has 0 aromatic heterocycles. The number of halogens is 1. The van der Waals surface area contributed by atoms with Gasteiger partial charge < -0.3 is 24.8 Å². The molecule has 0 saturated carbocycles. The van der Waals surface area contributed by atoms with Crippen molar-refractivity contribution in [1.29, 1.82) is 0 Å². The van der Waals surface area contributed by atoms with Gasteiger partial charge in [0.15, 0.2) is 11.5 Å². The molecule has 0 unspecified atom stereocenters. The number of rotatable bonds is 8. The number of benzene rings is 1. The van der Waals surface area contributed by atoms with Crippen molar-refractivity contribution in [3.05, 3.63) is 40.4 Å². The lowest BCUT2D eigenvalue weighted by Gasteiger charge is -2.17. The molecule has 2 aliphatic heterocycles. The number of amides is 2. The average Bonchev–Trinajstić information content (AvgIpc) is 3.33. The van der Waals surface area contributed by atoms with Crippen LogP contribution < -0.4 is 20.1 Å². The van der Waals surface area contributed by atoms with E-state index in [9.17, 15) is 14.4 Å². The van der Waals surface area contributed by atoms with E-state index in [0.29, 0.717) is 30.9 Å². The maximum atomic E-state index is 12.5. The third-order valence-electron chi connectivity index (χ3n) is 4.69. The van der Waals surface area contributed by atoms with Gasteiger partial charge in [-0.2, -0.15) is 0 Å². The second-order valence-electron chi connectivity index (χ2n) is 6.80. The maximum absolute atomic E-state index is 12.5. The molecule has 30 heavy (non-hydrogen) atoms. The van der Waals surface area contributed by atoms with E-state index in [1.54, 1.807) is 31.2 Å². The summed E-state index contributed by atoms with van der Waals surface area (Å²) < 4.78 is 16.3. The quantitative estimate of drug-likeness (QED) is 0.439. The number of fused-ring (bicyclic) bond motifs is 1. The Bertz CT molecular complexity index is 882. The molecule has 3 rings (SSSR count). The smallest absolute Gasteiger partial charge is 0.330 e. The van der Waals surface area contributed by atoms with Gasteiger partial charge in [0.1, 0.15) is 0 Å². The fourth-order valence-corrected chi connectivity index (χ4v) is 3.66. The minimum absolute atomic E-state index is 0.0429. The topological polar surface area (TPSA) is 103 Å². The van der Waals surface area contributed by atoms with Crippen LogP contribution in [-0.4, -0.2) is 43.8 Å². The summed E-state index contributed by atoms with van der Waals surface area (Å²) in [6.07, 6.45) is 6.97. The Hall–Kier alpha value is -2.81. The van der Waals surface area contributed by atoms with Crippen LogP contribution in [0.1, 0.15) is 25.3 Å². The predicted molar refractivity (Wildman–Crippen MR) is 113 cm³/mol. The number of hydrogen-bond acceptors (Lipinski definition) is 6. The highest BCUT2D eigenvalue weighted by Crippen LogP contribution is 2.37. The lowest BCUT2D eigenvalue weighted by molar-refractivity contribution is -0.137. The summed E-state index contributed by atoms with van der Waals surface area (Å²) in [5.74, 6) is 0.153. The highest BCUT2D eigenvalue weighted by molar-refractivity contribution is 9.10. The molecule has 160 valence electrons. The van der Waals surface area contributed by atoms with Crippen LogP contribution in [0.2, 0.25) is 0 Å². The highest BCUT2D eigenvalue weighted by atomic mass is 79.9. The molecule has 2 aliphatic rings. The van der Waals surface area contributed by atoms with E-state index >= 15 is 0 Å². The Kier molecular flexibility index (Phi) is 7.51. The van der Waals surface area contributed by atoms with Crippen molar-refractivity contribution in [3.63, 3.8) is 0 Å². The standard InChI is InChI=1S/C21H23BrN2O6/c1-2-28-20(26)6-4-15(9-14-7-8-23-21(14)27)24-19(25)5-3-13-10-17-18(11-16(13)22)30-12-29-17/h3-6,10-11,14-15H,2,7-9,12H2,1H3,(H,23,27)(H,24,25)/b5-3+,6-4+/t14-,15+/m0/s1. The molecule has 2 amide bonds. The van der Waals surface area contributed by atoms with Crippen LogP contribution in [0.4, 0.5) is 0 Å². The van der Waals surface area contributed by atoms with Crippen LogP contribution in [0.25, 0.3) is 6.08 Å². The zero-order chi connectivity index (χ0) is 21.5. The molecule has 0 bridgehead atoms. The van der Waals surface area contributed by atoms with Gasteiger partial charge in [-0.05, 0) is 43.5 Å². The first kappa shape index (κ1) is 21.9.